The first-order valence-electron chi connectivity index (χ1n) is 6.11. The molecule has 1 aliphatic carbocycles. The third-order valence-electron chi connectivity index (χ3n) is 3.40. The Hall–Kier alpha value is -0.820. The number of fused-ring (bicyclic) bond motifs is 1. The second-order valence-electron chi connectivity index (χ2n) is 4.85. The average Bonchev–Trinajstić information content (AvgIpc) is 2.41. The van der Waals surface area contributed by atoms with Crippen LogP contribution in [0.5, 0.6) is 0 Å². The van der Waals surface area contributed by atoms with E-state index in [0.29, 0.717) is 12.0 Å². The predicted molar refractivity (Wildman–Crippen MR) is 65.0 cm³/mol. The second kappa shape index (κ2) is 4.80. The first-order chi connectivity index (χ1) is 7.27. The van der Waals surface area contributed by atoms with Gasteiger partial charge in [0.05, 0.1) is 0 Å². The molecule has 0 fully saturated rings. The van der Waals surface area contributed by atoms with Crippen LogP contribution >= 0.6 is 0 Å². The predicted octanol–water partition coefficient (Wildman–Crippen LogP) is 3.23. The lowest BCUT2D eigenvalue weighted by Crippen LogP contribution is -2.18. The Morgan fingerprint density at radius 1 is 1.33 bits per heavy atom. The van der Waals surface area contributed by atoms with Crippen LogP contribution in [0.1, 0.15) is 49.7 Å². The van der Waals surface area contributed by atoms with Crippen LogP contribution in [0, 0.1) is 0 Å². The summed E-state index contributed by atoms with van der Waals surface area (Å²) in [6, 6.07) is 9.23. The summed E-state index contributed by atoms with van der Waals surface area (Å²) in [5, 5.41) is 0. The molecule has 2 atom stereocenters. The Bertz CT molecular complexity index is 317. The molecule has 1 nitrogen and oxygen atoms in total. The van der Waals surface area contributed by atoms with Gasteiger partial charge in [0.1, 0.15) is 0 Å². The van der Waals surface area contributed by atoms with Crippen molar-refractivity contribution >= 4 is 0 Å². The molecule has 0 aliphatic heterocycles. The van der Waals surface area contributed by atoms with Crippen molar-refractivity contribution < 1.29 is 0 Å². The highest BCUT2D eigenvalue weighted by Gasteiger charge is 2.18. The molecular weight excluding hydrogens is 182 g/mol. The molecule has 0 saturated heterocycles. The largest absolute Gasteiger partial charge is 0.328 e. The van der Waals surface area contributed by atoms with Gasteiger partial charge in [0.25, 0.3) is 0 Å². The highest BCUT2D eigenvalue weighted by Crippen LogP contribution is 2.33. The summed E-state index contributed by atoms with van der Waals surface area (Å²) in [6.45, 7) is 2.12. The van der Waals surface area contributed by atoms with Gasteiger partial charge in [-0.05, 0) is 49.7 Å². The molecule has 0 bridgehead atoms. The molecule has 15 heavy (non-hydrogen) atoms. The van der Waals surface area contributed by atoms with E-state index in [0.717, 1.165) is 6.42 Å². The van der Waals surface area contributed by atoms with Gasteiger partial charge in [-0.15, -0.1) is 0 Å². The van der Waals surface area contributed by atoms with E-state index < -0.39 is 0 Å². The number of rotatable bonds is 2. The summed E-state index contributed by atoms with van der Waals surface area (Å²) in [5.41, 5.74) is 9.05. The van der Waals surface area contributed by atoms with Crippen molar-refractivity contribution in [2.24, 2.45) is 5.73 Å². The van der Waals surface area contributed by atoms with Gasteiger partial charge in [-0.1, -0.05) is 30.7 Å². The van der Waals surface area contributed by atoms with Crippen LogP contribution in [0.4, 0.5) is 0 Å². The first kappa shape index (κ1) is 10.7. The molecule has 1 aliphatic rings. The van der Waals surface area contributed by atoms with Gasteiger partial charge in [0.15, 0.2) is 0 Å². The molecule has 2 rings (SSSR count). The molecule has 0 spiro atoms. The molecule has 82 valence electrons. The molecule has 1 aromatic rings. The zero-order valence-corrected chi connectivity index (χ0v) is 9.58. The number of benzene rings is 1. The van der Waals surface area contributed by atoms with Crippen molar-refractivity contribution in [2.45, 2.75) is 51.0 Å². The number of hydrogen-bond acceptors (Lipinski definition) is 1. The minimum Gasteiger partial charge on any atom is -0.328 e. The maximum Gasteiger partial charge on any atom is 0.00163 e. The molecule has 2 N–H and O–H groups in total. The summed E-state index contributed by atoms with van der Waals surface area (Å²) in [4.78, 5) is 0. The van der Waals surface area contributed by atoms with Crippen molar-refractivity contribution in [3.8, 4) is 0 Å². The molecule has 2 unspecified atom stereocenters. The molecule has 0 aromatic heterocycles. The highest BCUT2D eigenvalue weighted by atomic mass is 14.6. The Balaban J connectivity index is 2.24. The minimum absolute atomic E-state index is 0.321. The number of hydrogen-bond donors (Lipinski definition) is 1. The molecule has 0 heterocycles. The topological polar surface area (TPSA) is 26.0 Å². The Kier molecular flexibility index (Phi) is 3.42. The van der Waals surface area contributed by atoms with E-state index in [2.05, 4.69) is 31.2 Å². The van der Waals surface area contributed by atoms with Gasteiger partial charge in [-0.3, -0.25) is 0 Å². The zero-order valence-electron chi connectivity index (χ0n) is 9.58. The van der Waals surface area contributed by atoms with Gasteiger partial charge in [-0.25, -0.2) is 0 Å². The number of nitrogens with two attached hydrogens (primary N) is 1. The summed E-state index contributed by atoms with van der Waals surface area (Å²) < 4.78 is 0. The number of aryl methyl sites for hydroxylation is 1. The van der Waals surface area contributed by atoms with E-state index >= 15 is 0 Å². The lowest BCUT2D eigenvalue weighted by molar-refractivity contribution is 0.512. The summed E-state index contributed by atoms with van der Waals surface area (Å²) >= 11 is 0. The molecule has 0 radical (unpaired) electrons. The minimum atomic E-state index is 0.321. The Labute approximate surface area is 92.7 Å². The van der Waals surface area contributed by atoms with E-state index in [1.54, 1.807) is 11.1 Å². The third kappa shape index (κ3) is 2.60. The van der Waals surface area contributed by atoms with E-state index in [4.69, 9.17) is 5.73 Å². The van der Waals surface area contributed by atoms with Crippen LogP contribution in [0.15, 0.2) is 24.3 Å². The normalized spacial score (nSPS) is 22.9. The van der Waals surface area contributed by atoms with Gasteiger partial charge in [0.2, 0.25) is 0 Å². The van der Waals surface area contributed by atoms with Crippen molar-refractivity contribution in [2.75, 3.05) is 0 Å². The van der Waals surface area contributed by atoms with Crippen LogP contribution < -0.4 is 5.73 Å². The fourth-order valence-corrected chi connectivity index (χ4v) is 2.72. The maximum atomic E-state index is 5.93. The van der Waals surface area contributed by atoms with Crippen LogP contribution in [-0.2, 0) is 6.42 Å². The van der Waals surface area contributed by atoms with Crippen LogP contribution in [0.2, 0.25) is 0 Å². The third-order valence-corrected chi connectivity index (χ3v) is 3.40. The standard InChI is InChI=1S/C14H21N/c1-11(15)10-13-8-3-2-6-12-7-4-5-9-14(12)13/h4-5,7,9,11,13H,2-3,6,8,10,15H2,1H3. The maximum absolute atomic E-state index is 5.93. The SMILES string of the molecule is CC(N)CC1CCCCc2ccccc21. The fraction of sp³-hybridized carbons (Fsp3) is 0.571. The van der Waals surface area contributed by atoms with Crippen LogP contribution in [0.25, 0.3) is 0 Å². The quantitative estimate of drug-likeness (QED) is 0.734. The monoisotopic (exact) mass is 203 g/mol. The highest BCUT2D eigenvalue weighted by molar-refractivity contribution is 5.31. The Morgan fingerprint density at radius 3 is 2.93 bits per heavy atom. The fourth-order valence-electron chi connectivity index (χ4n) is 2.72. The molecular formula is C14H21N. The zero-order chi connectivity index (χ0) is 10.7. The van der Waals surface area contributed by atoms with Gasteiger partial charge >= 0.3 is 0 Å². The van der Waals surface area contributed by atoms with Gasteiger partial charge in [-0.2, -0.15) is 0 Å². The van der Waals surface area contributed by atoms with E-state index in [1.165, 1.54) is 25.7 Å². The van der Waals surface area contributed by atoms with E-state index in [9.17, 15) is 0 Å². The van der Waals surface area contributed by atoms with Crippen molar-refractivity contribution in [1.82, 2.24) is 0 Å². The van der Waals surface area contributed by atoms with Crippen molar-refractivity contribution in [3.05, 3.63) is 35.4 Å². The molecule has 1 aromatic carbocycles. The molecule has 0 amide bonds. The van der Waals surface area contributed by atoms with Crippen LogP contribution in [0.3, 0.4) is 0 Å². The summed E-state index contributed by atoms with van der Waals surface area (Å²) in [7, 11) is 0. The lowest BCUT2D eigenvalue weighted by Gasteiger charge is -2.19. The van der Waals surface area contributed by atoms with Gasteiger partial charge in [0, 0.05) is 6.04 Å². The summed E-state index contributed by atoms with van der Waals surface area (Å²) in [6.07, 6.45) is 6.40. The van der Waals surface area contributed by atoms with E-state index in [-0.39, 0.29) is 0 Å². The van der Waals surface area contributed by atoms with E-state index in [1.807, 2.05) is 0 Å². The van der Waals surface area contributed by atoms with Crippen molar-refractivity contribution in [1.29, 1.82) is 0 Å². The molecule has 0 saturated carbocycles. The van der Waals surface area contributed by atoms with Crippen molar-refractivity contribution in [3.63, 3.8) is 0 Å². The van der Waals surface area contributed by atoms with Crippen LogP contribution in [-0.4, -0.2) is 6.04 Å². The second-order valence-corrected chi connectivity index (χ2v) is 4.85. The lowest BCUT2D eigenvalue weighted by atomic mass is 9.88. The first-order valence-corrected chi connectivity index (χ1v) is 6.11. The Morgan fingerprint density at radius 2 is 2.13 bits per heavy atom. The average molecular weight is 203 g/mol. The summed E-state index contributed by atoms with van der Waals surface area (Å²) in [5.74, 6) is 0.698. The molecule has 1 heteroatoms. The van der Waals surface area contributed by atoms with Gasteiger partial charge < -0.3 is 5.73 Å². The smallest absolute Gasteiger partial charge is 0.00163 e.